The van der Waals surface area contributed by atoms with Gasteiger partial charge < -0.3 is 14.0 Å². The van der Waals surface area contributed by atoms with Gasteiger partial charge in [-0.3, -0.25) is 9.59 Å². The normalized spacial score (nSPS) is 18.6. The molecule has 1 fully saturated rings. The van der Waals surface area contributed by atoms with Gasteiger partial charge in [-0.15, -0.1) is 0 Å². The number of hydrogen-bond donors (Lipinski definition) is 0. The zero-order chi connectivity index (χ0) is 23.1. The second-order valence-corrected chi connectivity index (χ2v) is 9.36. The molecule has 1 saturated carbocycles. The molecule has 0 unspecified atom stereocenters. The highest BCUT2D eigenvalue weighted by molar-refractivity contribution is 6.37. The Labute approximate surface area is 196 Å². The van der Waals surface area contributed by atoms with E-state index in [-0.39, 0.29) is 23.4 Å². The Kier molecular flexibility index (Phi) is 5.71. The highest BCUT2D eigenvalue weighted by atomic mass is 35.5. The van der Waals surface area contributed by atoms with Crippen LogP contribution >= 0.6 is 11.6 Å². The highest BCUT2D eigenvalue weighted by Crippen LogP contribution is 2.38. The van der Waals surface area contributed by atoms with Crippen molar-refractivity contribution in [2.75, 3.05) is 11.9 Å². The zero-order valence-corrected chi connectivity index (χ0v) is 19.5. The van der Waals surface area contributed by atoms with E-state index in [0.29, 0.717) is 28.1 Å². The molecule has 6 nitrogen and oxygen atoms in total. The maximum atomic E-state index is 13.6. The number of fused-ring (bicyclic) bond motifs is 3. The van der Waals surface area contributed by atoms with Crippen molar-refractivity contribution in [1.29, 1.82) is 0 Å². The third-order valence-corrected chi connectivity index (χ3v) is 7.20. The van der Waals surface area contributed by atoms with Gasteiger partial charge >= 0.3 is 0 Å². The summed E-state index contributed by atoms with van der Waals surface area (Å²) in [4.78, 5) is 28.3. The van der Waals surface area contributed by atoms with Crippen molar-refractivity contribution >= 4 is 45.0 Å². The Hall–Kier alpha value is -3.12. The van der Waals surface area contributed by atoms with E-state index < -0.39 is 0 Å². The van der Waals surface area contributed by atoms with Crippen molar-refractivity contribution in [2.45, 2.75) is 45.1 Å². The quantitative estimate of drug-likeness (QED) is 0.378. The van der Waals surface area contributed by atoms with Gasteiger partial charge in [0.1, 0.15) is 16.7 Å². The minimum atomic E-state index is -0.100. The van der Waals surface area contributed by atoms with Crippen LogP contribution in [0.2, 0.25) is 5.02 Å². The lowest BCUT2D eigenvalue weighted by Crippen LogP contribution is -2.32. The van der Waals surface area contributed by atoms with Crippen LogP contribution in [0.1, 0.15) is 43.9 Å². The number of para-hydroxylation sites is 1. The molecule has 0 radical (unpaired) electrons. The van der Waals surface area contributed by atoms with E-state index in [9.17, 15) is 9.59 Å². The SMILES string of the molecule is Cc1onc2c1c(=O)n([C@H]1CCC[C@@H](CC(=O)N(C)c3ccccc3)C1)c1cccc(Cl)c21. The first-order valence-corrected chi connectivity index (χ1v) is 11.7. The number of nitrogens with zero attached hydrogens (tertiary/aromatic N) is 3. The number of aromatic nitrogens is 2. The predicted octanol–water partition coefficient (Wildman–Crippen LogP) is 5.89. The lowest BCUT2D eigenvalue weighted by atomic mass is 9.83. The van der Waals surface area contributed by atoms with Gasteiger partial charge in [-0.05, 0) is 56.4 Å². The summed E-state index contributed by atoms with van der Waals surface area (Å²) < 4.78 is 7.24. The van der Waals surface area contributed by atoms with Crippen LogP contribution in [0, 0.1) is 12.8 Å². The summed E-state index contributed by atoms with van der Waals surface area (Å²) in [5.74, 6) is 0.804. The van der Waals surface area contributed by atoms with Gasteiger partial charge in [0.15, 0.2) is 0 Å². The molecule has 5 rings (SSSR count). The monoisotopic (exact) mass is 463 g/mol. The Bertz CT molecular complexity index is 1390. The topological polar surface area (TPSA) is 68.3 Å². The largest absolute Gasteiger partial charge is 0.360 e. The summed E-state index contributed by atoms with van der Waals surface area (Å²) >= 11 is 6.55. The van der Waals surface area contributed by atoms with Crippen LogP contribution in [0.4, 0.5) is 5.69 Å². The van der Waals surface area contributed by atoms with Crippen LogP contribution < -0.4 is 10.5 Å². The van der Waals surface area contributed by atoms with Crippen LogP contribution in [0.5, 0.6) is 0 Å². The lowest BCUT2D eigenvalue weighted by Gasteiger charge is -2.32. The van der Waals surface area contributed by atoms with E-state index in [1.807, 2.05) is 60.1 Å². The summed E-state index contributed by atoms with van der Waals surface area (Å²) in [5, 5.41) is 5.91. The van der Waals surface area contributed by atoms with Gasteiger partial charge in [-0.2, -0.15) is 0 Å². The molecule has 7 heteroatoms. The number of carbonyl (C=O) groups excluding carboxylic acids is 1. The first-order chi connectivity index (χ1) is 16.0. The molecule has 0 saturated heterocycles. The Morgan fingerprint density at radius 2 is 1.94 bits per heavy atom. The third-order valence-electron chi connectivity index (χ3n) is 6.88. The number of aryl methyl sites for hydroxylation is 1. The molecule has 1 aliphatic rings. The maximum absolute atomic E-state index is 13.6. The third kappa shape index (κ3) is 3.82. The second-order valence-electron chi connectivity index (χ2n) is 8.95. The average Bonchev–Trinajstić information content (AvgIpc) is 3.21. The van der Waals surface area contributed by atoms with Crippen LogP contribution in [-0.2, 0) is 4.79 Å². The van der Waals surface area contributed by atoms with Crippen molar-refractivity contribution in [1.82, 2.24) is 9.72 Å². The summed E-state index contributed by atoms with van der Waals surface area (Å²) in [6.45, 7) is 1.76. The summed E-state index contributed by atoms with van der Waals surface area (Å²) in [5.41, 5.74) is 2.07. The van der Waals surface area contributed by atoms with Crippen LogP contribution in [-0.4, -0.2) is 22.7 Å². The summed E-state index contributed by atoms with van der Waals surface area (Å²) in [6.07, 6.45) is 4.06. The number of pyridine rings is 1. The number of amides is 1. The fourth-order valence-electron chi connectivity index (χ4n) is 5.20. The number of halogens is 1. The predicted molar refractivity (Wildman–Crippen MR) is 131 cm³/mol. The number of benzene rings is 2. The molecule has 2 aromatic carbocycles. The van der Waals surface area contributed by atoms with Crippen LogP contribution in [0.15, 0.2) is 57.8 Å². The van der Waals surface area contributed by atoms with E-state index in [1.54, 1.807) is 11.8 Å². The van der Waals surface area contributed by atoms with Crippen molar-refractivity contribution in [3.05, 3.63) is 69.7 Å². The van der Waals surface area contributed by atoms with Gasteiger partial charge in [0, 0.05) is 30.6 Å². The summed E-state index contributed by atoms with van der Waals surface area (Å²) in [7, 11) is 1.82. The molecule has 33 heavy (non-hydrogen) atoms. The number of hydrogen-bond acceptors (Lipinski definition) is 4. The molecule has 0 N–H and O–H groups in total. The summed E-state index contributed by atoms with van der Waals surface area (Å²) in [6, 6.07) is 15.3. The fraction of sp³-hybridized carbons (Fsp3) is 0.346. The number of rotatable bonds is 4. The van der Waals surface area contributed by atoms with Gasteiger partial charge in [0.05, 0.1) is 10.5 Å². The molecule has 4 aromatic rings. The van der Waals surface area contributed by atoms with E-state index in [1.165, 1.54) is 0 Å². The van der Waals surface area contributed by atoms with Gasteiger partial charge in [0.25, 0.3) is 5.56 Å². The second kappa shape index (κ2) is 8.67. The molecule has 2 aromatic heterocycles. The molecule has 1 amide bonds. The molecular formula is C26H26ClN3O3. The van der Waals surface area contributed by atoms with E-state index in [2.05, 4.69) is 5.16 Å². The molecule has 0 spiro atoms. The Morgan fingerprint density at radius 3 is 2.73 bits per heavy atom. The Morgan fingerprint density at radius 1 is 1.15 bits per heavy atom. The van der Waals surface area contributed by atoms with Crippen LogP contribution in [0.3, 0.4) is 0 Å². The molecule has 0 bridgehead atoms. The number of anilines is 1. The van der Waals surface area contributed by atoms with E-state index >= 15 is 0 Å². The smallest absolute Gasteiger partial charge is 0.264 e. The Balaban J connectivity index is 1.48. The first-order valence-electron chi connectivity index (χ1n) is 11.4. The maximum Gasteiger partial charge on any atom is 0.264 e. The standard InChI is InChI=1S/C26H26ClN3O3/c1-16-23-25(28-33-16)24-20(27)12-7-13-21(24)30(26(23)32)19-11-6-8-17(14-19)15-22(31)29(2)18-9-4-3-5-10-18/h3-5,7,9-10,12-13,17,19H,6,8,11,14-15H2,1-2H3/t17-,19+/m1/s1. The molecule has 170 valence electrons. The zero-order valence-electron chi connectivity index (χ0n) is 18.8. The van der Waals surface area contributed by atoms with Gasteiger partial charge in [-0.25, -0.2) is 0 Å². The average molecular weight is 464 g/mol. The highest BCUT2D eigenvalue weighted by Gasteiger charge is 2.29. The lowest BCUT2D eigenvalue weighted by molar-refractivity contribution is -0.119. The van der Waals surface area contributed by atoms with Gasteiger partial charge in [0.2, 0.25) is 5.91 Å². The fourth-order valence-corrected chi connectivity index (χ4v) is 5.46. The van der Waals surface area contributed by atoms with Crippen molar-refractivity contribution in [3.63, 3.8) is 0 Å². The van der Waals surface area contributed by atoms with Crippen LogP contribution in [0.25, 0.3) is 21.8 Å². The van der Waals surface area contributed by atoms with Gasteiger partial charge in [-0.1, -0.05) is 47.4 Å². The number of carbonyl (C=O) groups is 1. The molecule has 0 aliphatic heterocycles. The van der Waals surface area contributed by atoms with Crippen molar-refractivity contribution in [3.8, 4) is 0 Å². The van der Waals surface area contributed by atoms with Crippen molar-refractivity contribution < 1.29 is 9.32 Å². The van der Waals surface area contributed by atoms with E-state index in [4.69, 9.17) is 16.1 Å². The first kappa shape index (κ1) is 21.7. The van der Waals surface area contributed by atoms with Crippen molar-refractivity contribution in [2.24, 2.45) is 5.92 Å². The molecular weight excluding hydrogens is 438 g/mol. The molecule has 2 atom stereocenters. The minimum Gasteiger partial charge on any atom is -0.360 e. The molecule has 2 heterocycles. The minimum absolute atomic E-state index is 0.00857. The van der Waals surface area contributed by atoms with E-state index in [0.717, 1.165) is 42.3 Å². The molecule has 1 aliphatic carbocycles.